The van der Waals surface area contributed by atoms with Gasteiger partial charge in [-0.15, -0.1) is 0 Å². The van der Waals surface area contributed by atoms with Gasteiger partial charge in [0.2, 0.25) is 11.5 Å². The summed E-state index contributed by atoms with van der Waals surface area (Å²) in [6, 6.07) is 4.41. The highest BCUT2D eigenvalue weighted by Crippen LogP contribution is 2.36. The fraction of sp³-hybridized carbons (Fsp3) is 0.294. The second-order valence-corrected chi connectivity index (χ2v) is 5.89. The van der Waals surface area contributed by atoms with E-state index in [0.29, 0.717) is 6.42 Å². The molecule has 0 aliphatic rings. The van der Waals surface area contributed by atoms with Crippen molar-refractivity contribution in [1.82, 2.24) is 10.3 Å². The van der Waals surface area contributed by atoms with E-state index in [0.717, 1.165) is 12.1 Å². The Morgan fingerprint density at radius 2 is 2.00 bits per heavy atom. The normalized spacial score (nSPS) is 13.3. The van der Waals surface area contributed by atoms with Crippen LogP contribution in [-0.2, 0) is 17.0 Å². The Balaban J connectivity index is 2.26. The number of nitrogens with one attached hydrogen (secondary N) is 1. The molecule has 0 bridgehead atoms. The second-order valence-electron chi connectivity index (χ2n) is 5.46. The van der Waals surface area contributed by atoms with Crippen LogP contribution in [0.25, 0.3) is 0 Å². The summed E-state index contributed by atoms with van der Waals surface area (Å²) in [7, 11) is 0. The molecule has 2 rings (SSSR count). The van der Waals surface area contributed by atoms with Gasteiger partial charge in [-0.1, -0.05) is 24.9 Å². The zero-order chi connectivity index (χ0) is 18.6. The predicted octanol–water partition coefficient (Wildman–Crippen LogP) is 4.00. The molecule has 0 fully saturated rings. The number of pyridine rings is 1. The summed E-state index contributed by atoms with van der Waals surface area (Å²) in [6.07, 6.45) is 1.31. The Labute approximate surface area is 147 Å². The van der Waals surface area contributed by atoms with E-state index in [-0.39, 0.29) is 17.0 Å². The predicted molar refractivity (Wildman–Crippen MR) is 86.8 cm³/mol. The third-order valence-electron chi connectivity index (χ3n) is 3.70. The third kappa shape index (κ3) is 4.04. The first-order valence-corrected chi connectivity index (χ1v) is 7.92. The highest BCUT2D eigenvalue weighted by Gasteiger charge is 2.42. The van der Waals surface area contributed by atoms with Crippen LogP contribution in [0, 0.1) is 11.6 Å². The van der Waals surface area contributed by atoms with Crippen molar-refractivity contribution in [3.05, 3.63) is 58.2 Å². The molecule has 0 saturated carbocycles. The first kappa shape index (κ1) is 19.1. The van der Waals surface area contributed by atoms with Gasteiger partial charge in [0.05, 0.1) is 5.56 Å². The molecule has 0 aliphatic heterocycles. The van der Waals surface area contributed by atoms with Gasteiger partial charge in [-0.05, 0) is 30.7 Å². The van der Waals surface area contributed by atoms with E-state index < -0.39 is 41.2 Å². The standard InChI is InChI=1S/C17H16ClF3N2O2/c1-2-5-17(21,12-4-3-6-22-15(12)24)16(25)23-9-11-13(19)7-10(18)8-14(11)20/h3-4,6-8H,2,5,9H2,1H3,(H,22,24)(H,23,25)/t17-/m0/s1. The lowest BCUT2D eigenvalue weighted by Gasteiger charge is -2.24. The molecule has 2 N–H and O–H groups in total. The van der Waals surface area contributed by atoms with Crippen molar-refractivity contribution in [2.24, 2.45) is 0 Å². The van der Waals surface area contributed by atoms with Crippen molar-refractivity contribution in [2.45, 2.75) is 32.0 Å². The number of aromatic nitrogens is 1. The summed E-state index contributed by atoms with van der Waals surface area (Å²) < 4.78 is 42.9. The zero-order valence-electron chi connectivity index (χ0n) is 13.3. The molecule has 0 unspecified atom stereocenters. The number of rotatable bonds is 6. The van der Waals surface area contributed by atoms with Crippen molar-refractivity contribution in [2.75, 3.05) is 0 Å². The minimum Gasteiger partial charge on any atom is -0.493 e. The molecule has 1 aromatic carbocycles. The third-order valence-corrected chi connectivity index (χ3v) is 3.92. The van der Waals surface area contributed by atoms with Crippen molar-refractivity contribution < 1.29 is 23.1 Å². The van der Waals surface area contributed by atoms with Gasteiger partial charge in [0, 0.05) is 23.3 Å². The van der Waals surface area contributed by atoms with Gasteiger partial charge in [-0.2, -0.15) is 0 Å². The van der Waals surface area contributed by atoms with Crippen molar-refractivity contribution >= 4 is 17.5 Å². The second kappa shape index (κ2) is 7.74. The number of hydrogen-bond acceptors (Lipinski definition) is 3. The Morgan fingerprint density at radius 3 is 2.56 bits per heavy atom. The molecule has 1 atom stereocenters. The number of carbonyl (C=O) groups is 1. The first-order chi connectivity index (χ1) is 11.8. The number of benzene rings is 1. The van der Waals surface area contributed by atoms with Crippen molar-refractivity contribution in [3.63, 3.8) is 0 Å². The van der Waals surface area contributed by atoms with Crippen molar-refractivity contribution in [1.29, 1.82) is 0 Å². The Bertz CT molecular complexity index is 765. The lowest BCUT2D eigenvalue weighted by molar-refractivity contribution is -0.134. The quantitative estimate of drug-likeness (QED) is 0.805. The van der Waals surface area contributed by atoms with Gasteiger partial charge < -0.3 is 10.4 Å². The largest absolute Gasteiger partial charge is 0.493 e. The van der Waals surface area contributed by atoms with E-state index in [9.17, 15) is 18.7 Å². The van der Waals surface area contributed by atoms with E-state index >= 15 is 4.39 Å². The summed E-state index contributed by atoms with van der Waals surface area (Å²) in [5.74, 6) is -3.63. The maximum atomic E-state index is 15.3. The van der Waals surface area contributed by atoms with Crippen LogP contribution in [0.2, 0.25) is 5.02 Å². The average Bonchev–Trinajstić information content (AvgIpc) is 2.54. The number of nitrogens with zero attached hydrogens (tertiary/aromatic N) is 1. The average molecular weight is 373 g/mol. The summed E-state index contributed by atoms with van der Waals surface area (Å²) in [6.45, 7) is 1.09. The number of alkyl halides is 1. The summed E-state index contributed by atoms with van der Waals surface area (Å²) >= 11 is 5.53. The van der Waals surface area contributed by atoms with Crippen LogP contribution in [-0.4, -0.2) is 16.0 Å². The molecule has 1 heterocycles. The Hall–Kier alpha value is -2.28. The van der Waals surface area contributed by atoms with E-state index in [4.69, 9.17) is 11.6 Å². The van der Waals surface area contributed by atoms with Crippen LogP contribution in [0.15, 0.2) is 30.5 Å². The molecular formula is C17H16ClF3N2O2. The van der Waals surface area contributed by atoms with Gasteiger partial charge in [0.25, 0.3) is 5.91 Å². The van der Waals surface area contributed by atoms with E-state index in [1.165, 1.54) is 18.3 Å². The van der Waals surface area contributed by atoms with Crippen LogP contribution < -0.4 is 5.32 Å². The zero-order valence-corrected chi connectivity index (χ0v) is 14.1. The molecule has 1 aromatic heterocycles. The van der Waals surface area contributed by atoms with Gasteiger partial charge in [0.1, 0.15) is 11.6 Å². The number of aromatic hydroxyl groups is 1. The molecule has 0 aliphatic carbocycles. The Kier molecular flexibility index (Phi) is 5.89. The first-order valence-electron chi connectivity index (χ1n) is 7.54. The maximum Gasteiger partial charge on any atom is 0.262 e. The van der Waals surface area contributed by atoms with Gasteiger partial charge in [-0.3, -0.25) is 4.79 Å². The molecule has 0 saturated heterocycles. The SMILES string of the molecule is CCC[C@@](F)(C(=O)NCc1c(F)cc(Cl)cc1F)c1cccnc1O. The molecule has 8 heteroatoms. The summed E-state index contributed by atoms with van der Waals surface area (Å²) in [4.78, 5) is 15.9. The lowest BCUT2D eigenvalue weighted by Crippen LogP contribution is -2.41. The highest BCUT2D eigenvalue weighted by atomic mass is 35.5. The van der Waals surface area contributed by atoms with Crippen LogP contribution in [0.1, 0.15) is 30.9 Å². The molecular weight excluding hydrogens is 357 g/mol. The molecule has 0 radical (unpaired) electrons. The Morgan fingerprint density at radius 1 is 1.36 bits per heavy atom. The number of hydrogen-bond donors (Lipinski definition) is 2. The molecule has 2 aromatic rings. The van der Waals surface area contributed by atoms with Crippen LogP contribution in [0.5, 0.6) is 5.88 Å². The molecule has 1 amide bonds. The van der Waals surface area contributed by atoms with E-state index in [1.807, 2.05) is 0 Å². The van der Waals surface area contributed by atoms with Gasteiger partial charge in [0.15, 0.2) is 0 Å². The fourth-order valence-electron chi connectivity index (χ4n) is 2.47. The summed E-state index contributed by atoms with van der Waals surface area (Å²) in [5, 5.41) is 11.8. The fourth-order valence-corrected chi connectivity index (χ4v) is 2.66. The van der Waals surface area contributed by atoms with Crippen LogP contribution in [0.3, 0.4) is 0 Å². The molecule has 0 spiro atoms. The number of halogens is 4. The maximum absolute atomic E-state index is 15.3. The summed E-state index contributed by atoms with van der Waals surface area (Å²) in [5.41, 5.74) is -3.31. The molecule has 134 valence electrons. The molecule has 4 nitrogen and oxygen atoms in total. The topological polar surface area (TPSA) is 62.2 Å². The lowest BCUT2D eigenvalue weighted by atomic mass is 9.90. The van der Waals surface area contributed by atoms with Crippen molar-refractivity contribution in [3.8, 4) is 5.88 Å². The monoisotopic (exact) mass is 372 g/mol. The van der Waals surface area contributed by atoms with Crippen LogP contribution in [0.4, 0.5) is 13.2 Å². The number of amides is 1. The minimum atomic E-state index is -2.58. The van der Waals surface area contributed by atoms with Gasteiger partial charge in [-0.25, -0.2) is 18.2 Å². The number of carbonyl (C=O) groups excluding carboxylic acids is 1. The minimum absolute atomic E-state index is 0.129. The molecule has 25 heavy (non-hydrogen) atoms. The smallest absolute Gasteiger partial charge is 0.262 e. The van der Waals surface area contributed by atoms with E-state index in [2.05, 4.69) is 10.3 Å². The van der Waals surface area contributed by atoms with Crippen LogP contribution >= 0.6 is 11.6 Å². The van der Waals surface area contributed by atoms with E-state index in [1.54, 1.807) is 6.92 Å². The highest BCUT2D eigenvalue weighted by molar-refractivity contribution is 6.30. The van der Waals surface area contributed by atoms with Gasteiger partial charge >= 0.3 is 0 Å².